The lowest BCUT2D eigenvalue weighted by Gasteiger charge is -2.18. The van der Waals surface area contributed by atoms with Gasteiger partial charge in [0.2, 0.25) is 0 Å². The molecule has 84 valence electrons. The Labute approximate surface area is 89.8 Å². The Bertz CT molecular complexity index is 131. The first-order valence-electron chi connectivity index (χ1n) is 6.21. The van der Waals surface area contributed by atoms with Gasteiger partial charge in [0.05, 0.1) is 0 Å². The van der Waals surface area contributed by atoms with Gasteiger partial charge in [0, 0.05) is 0 Å². The summed E-state index contributed by atoms with van der Waals surface area (Å²) in [6, 6.07) is 0. The third kappa shape index (κ3) is 7.11. The zero-order chi connectivity index (χ0) is 10.8. The van der Waals surface area contributed by atoms with Crippen molar-refractivity contribution >= 4 is 6.21 Å². The maximum Gasteiger partial charge on any atom is -0.00477 e. The van der Waals surface area contributed by atoms with Crippen LogP contribution < -0.4 is 0 Å². The van der Waals surface area contributed by atoms with E-state index in [4.69, 9.17) is 5.41 Å². The maximum atomic E-state index is 6.92. The molecule has 0 aromatic carbocycles. The van der Waals surface area contributed by atoms with E-state index in [-0.39, 0.29) is 0 Å². The van der Waals surface area contributed by atoms with Gasteiger partial charge in [-0.1, -0.05) is 52.9 Å². The van der Waals surface area contributed by atoms with Crippen LogP contribution in [0.4, 0.5) is 0 Å². The van der Waals surface area contributed by atoms with E-state index in [0.717, 1.165) is 18.3 Å². The van der Waals surface area contributed by atoms with Crippen LogP contribution in [-0.2, 0) is 0 Å². The van der Waals surface area contributed by atoms with Gasteiger partial charge in [0.15, 0.2) is 0 Å². The predicted octanol–water partition coefficient (Wildman–Crippen LogP) is 4.66. The molecule has 0 bridgehead atoms. The number of hydrogen-bond donors (Lipinski definition) is 1. The fourth-order valence-electron chi connectivity index (χ4n) is 1.91. The first-order valence-corrected chi connectivity index (χ1v) is 6.21. The van der Waals surface area contributed by atoms with E-state index in [2.05, 4.69) is 20.8 Å². The summed E-state index contributed by atoms with van der Waals surface area (Å²) in [5.41, 5.74) is 0. The van der Waals surface area contributed by atoms with Crippen molar-refractivity contribution < 1.29 is 0 Å². The summed E-state index contributed by atoms with van der Waals surface area (Å²) in [6.45, 7) is 7.04. The predicted molar refractivity (Wildman–Crippen MR) is 65.1 cm³/mol. The van der Waals surface area contributed by atoms with E-state index in [9.17, 15) is 0 Å². The van der Waals surface area contributed by atoms with Gasteiger partial charge in [-0.3, -0.25) is 0 Å². The molecule has 0 spiro atoms. The highest BCUT2D eigenvalue weighted by Gasteiger charge is 2.10. The van der Waals surface area contributed by atoms with E-state index in [1.54, 1.807) is 0 Å². The maximum absolute atomic E-state index is 6.92. The van der Waals surface area contributed by atoms with Gasteiger partial charge < -0.3 is 5.41 Å². The summed E-state index contributed by atoms with van der Waals surface area (Å²) in [7, 11) is 0. The minimum absolute atomic E-state index is 0.884. The van der Waals surface area contributed by atoms with Crippen molar-refractivity contribution in [1.82, 2.24) is 0 Å². The highest BCUT2D eigenvalue weighted by Crippen LogP contribution is 2.22. The minimum Gasteiger partial charge on any atom is -0.313 e. The fraction of sp³-hybridized carbons (Fsp3) is 0.923. The van der Waals surface area contributed by atoms with Gasteiger partial charge in [-0.15, -0.1) is 0 Å². The van der Waals surface area contributed by atoms with Crippen molar-refractivity contribution in [2.24, 2.45) is 11.8 Å². The fourth-order valence-corrected chi connectivity index (χ4v) is 1.91. The van der Waals surface area contributed by atoms with E-state index in [1.807, 2.05) is 0 Å². The number of hydrogen-bond acceptors (Lipinski definition) is 1. The van der Waals surface area contributed by atoms with Gasteiger partial charge in [0.25, 0.3) is 0 Å². The number of nitrogens with one attached hydrogen (secondary N) is 1. The molecule has 1 heteroatoms. The highest BCUT2D eigenvalue weighted by atomic mass is 14.3. The summed E-state index contributed by atoms with van der Waals surface area (Å²) in [5, 5.41) is 6.92. The number of rotatable bonds is 9. The van der Waals surface area contributed by atoms with Crippen LogP contribution in [0.3, 0.4) is 0 Å². The number of unbranched alkanes of at least 4 members (excludes halogenated alkanes) is 3. The topological polar surface area (TPSA) is 23.9 Å². The van der Waals surface area contributed by atoms with Crippen LogP contribution in [-0.4, -0.2) is 6.21 Å². The molecule has 2 unspecified atom stereocenters. The molecule has 0 aliphatic carbocycles. The molecule has 0 aliphatic heterocycles. The highest BCUT2D eigenvalue weighted by molar-refractivity contribution is 5.52. The molecule has 0 heterocycles. The second-order valence-corrected chi connectivity index (χ2v) is 4.59. The van der Waals surface area contributed by atoms with Crippen molar-refractivity contribution in [3.05, 3.63) is 0 Å². The monoisotopic (exact) mass is 197 g/mol. The zero-order valence-electron chi connectivity index (χ0n) is 10.2. The minimum atomic E-state index is 0.884. The Balaban J connectivity index is 3.33. The lowest BCUT2D eigenvalue weighted by Crippen LogP contribution is -2.07. The third-order valence-corrected chi connectivity index (χ3v) is 3.22. The second-order valence-electron chi connectivity index (χ2n) is 4.59. The van der Waals surface area contributed by atoms with E-state index < -0.39 is 0 Å². The lowest BCUT2D eigenvalue weighted by molar-refractivity contribution is 0.331. The summed E-state index contributed by atoms with van der Waals surface area (Å²) in [5.74, 6) is 1.78. The molecule has 1 N–H and O–H groups in total. The van der Waals surface area contributed by atoms with E-state index in [1.165, 1.54) is 44.7 Å². The average Bonchev–Trinajstić information content (AvgIpc) is 2.17. The Kier molecular flexibility index (Phi) is 9.02. The van der Waals surface area contributed by atoms with Crippen LogP contribution in [0.1, 0.15) is 65.7 Å². The Morgan fingerprint density at radius 3 is 2.21 bits per heavy atom. The standard InChI is InChI=1S/C13H27N/c1-4-9-12(2)13(3)10-7-5-6-8-11-14/h11-14H,4-10H2,1-3H3. The molecule has 14 heavy (non-hydrogen) atoms. The Morgan fingerprint density at radius 2 is 1.64 bits per heavy atom. The van der Waals surface area contributed by atoms with Crippen LogP contribution in [0.15, 0.2) is 0 Å². The van der Waals surface area contributed by atoms with Crippen molar-refractivity contribution in [2.75, 3.05) is 0 Å². The molecule has 0 aromatic rings. The molecular weight excluding hydrogens is 170 g/mol. The summed E-state index contributed by atoms with van der Waals surface area (Å²) in [4.78, 5) is 0. The molecule has 0 radical (unpaired) electrons. The van der Waals surface area contributed by atoms with Crippen LogP contribution in [0.2, 0.25) is 0 Å². The molecule has 0 aliphatic rings. The molecule has 0 rings (SSSR count). The van der Waals surface area contributed by atoms with Crippen molar-refractivity contribution in [2.45, 2.75) is 65.7 Å². The molecule has 0 fully saturated rings. The Hall–Kier alpha value is -0.330. The zero-order valence-corrected chi connectivity index (χ0v) is 10.2. The van der Waals surface area contributed by atoms with Crippen molar-refractivity contribution in [1.29, 1.82) is 5.41 Å². The molecule has 0 amide bonds. The largest absolute Gasteiger partial charge is 0.313 e. The van der Waals surface area contributed by atoms with Gasteiger partial charge in [-0.05, 0) is 30.9 Å². The molecule has 2 atom stereocenters. The molecular formula is C13H27N. The quantitative estimate of drug-likeness (QED) is 0.410. The van der Waals surface area contributed by atoms with Gasteiger partial charge in [0.1, 0.15) is 0 Å². The van der Waals surface area contributed by atoms with Crippen LogP contribution >= 0.6 is 0 Å². The summed E-state index contributed by atoms with van der Waals surface area (Å²) in [6.07, 6.45) is 10.4. The van der Waals surface area contributed by atoms with Gasteiger partial charge in [-0.2, -0.15) is 0 Å². The van der Waals surface area contributed by atoms with Crippen LogP contribution in [0.5, 0.6) is 0 Å². The van der Waals surface area contributed by atoms with Crippen molar-refractivity contribution in [3.63, 3.8) is 0 Å². The molecule has 0 saturated carbocycles. The first-order chi connectivity index (χ1) is 6.72. The first kappa shape index (κ1) is 13.7. The normalized spacial score (nSPS) is 15.1. The van der Waals surface area contributed by atoms with Gasteiger partial charge >= 0.3 is 0 Å². The van der Waals surface area contributed by atoms with Crippen LogP contribution in [0.25, 0.3) is 0 Å². The SMILES string of the molecule is CCCC(C)C(C)CCCCCC=N. The smallest absolute Gasteiger partial charge is 0.00477 e. The summed E-state index contributed by atoms with van der Waals surface area (Å²) < 4.78 is 0. The third-order valence-electron chi connectivity index (χ3n) is 3.22. The molecule has 0 saturated heterocycles. The van der Waals surface area contributed by atoms with Crippen molar-refractivity contribution in [3.8, 4) is 0 Å². The van der Waals surface area contributed by atoms with E-state index in [0.29, 0.717) is 0 Å². The Morgan fingerprint density at radius 1 is 1.00 bits per heavy atom. The second kappa shape index (κ2) is 9.23. The lowest BCUT2D eigenvalue weighted by atomic mass is 9.87. The molecule has 1 nitrogen and oxygen atoms in total. The summed E-state index contributed by atoms with van der Waals surface area (Å²) >= 11 is 0. The average molecular weight is 197 g/mol. The van der Waals surface area contributed by atoms with Gasteiger partial charge in [-0.25, -0.2) is 0 Å². The van der Waals surface area contributed by atoms with Crippen LogP contribution in [0, 0.1) is 17.2 Å². The molecule has 0 aromatic heterocycles. The van der Waals surface area contributed by atoms with E-state index >= 15 is 0 Å².